The van der Waals surface area contributed by atoms with Gasteiger partial charge in [-0.05, 0) is 12.5 Å². The number of rotatable bonds is 5. The van der Waals surface area contributed by atoms with Crippen molar-refractivity contribution in [1.29, 1.82) is 0 Å². The lowest BCUT2D eigenvalue weighted by Crippen LogP contribution is -1.95. The highest BCUT2D eigenvalue weighted by Crippen LogP contribution is 2.24. The predicted octanol–water partition coefficient (Wildman–Crippen LogP) is 2.99. The molecule has 0 N–H and O–H groups in total. The fourth-order valence-corrected chi connectivity index (χ4v) is 2.93. The molecule has 0 saturated carbocycles. The van der Waals surface area contributed by atoms with Crippen LogP contribution in [0.5, 0.6) is 0 Å². The van der Waals surface area contributed by atoms with Gasteiger partial charge in [-0.2, -0.15) is 5.10 Å². The van der Waals surface area contributed by atoms with E-state index in [0.717, 1.165) is 28.8 Å². The highest BCUT2D eigenvalue weighted by molar-refractivity contribution is 7.98. The van der Waals surface area contributed by atoms with E-state index < -0.39 is 0 Å². The first-order chi connectivity index (χ1) is 10.3. The van der Waals surface area contributed by atoms with Gasteiger partial charge in [-0.25, -0.2) is 0 Å². The second-order valence-corrected chi connectivity index (χ2v) is 5.67. The average Bonchev–Trinajstić information content (AvgIpc) is 3.13. The van der Waals surface area contributed by atoms with Crippen molar-refractivity contribution in [3.8, 4) is 11.4 Å². The largest absolute Gasteiger partial charge is 0.305 e. The minimum atomic E-state index is 0.852. The molecule has 0 aliphatic carbocycles. The highest BCUT2D eigenvalue weighted by Gasteiger charge is 2.12. The first kappa shape index (κ1) is 13.9. The van der Waals surface area contributed by atoms with Gasteiger partial charge in [0, 0.05) is 25.5 Å². The van der Waals surface area contributed by atoms with Gasteiger partial charge in [0.15, 0.2) is 11.0 Å². The summed E-state index contributed by atoms with van der Waals surface area (Å²) in [6, 6.07) is 10.4. The first-order valence-electron chi connectivity index (χ1n) is 6.87. The quantitative estimate of drug-likeness (QED) is 0.680. The second-order valence-electron chi connectivity index (χ2n) is 4.72. The van der Waals surface area contributed by atoms with Crippen LogP contribution in [0.1, 0.15) is 12.5 Å². The highest BCUT2D eigenvalue weighted by atomic mass is 32.2. The summed E-state index contributed by atoms with van der Waals surface area (Å²) in [5, 5.41) is 13.8. The summed E-state index contributed by atoms with van der Waals surface area (Å²) in [5.74, 6) is 1.74. The predicted molar refractivity (Wildman–Crippen MR) is 83.9 cm³/mol. The normalized spacial score (nSPS) is 11.0. The average molecular weight is 299 g/mol. The third-order valence-electron chi connectivity index (χ3n) is 3.26. The van der Waals surface area contributed by atoms with Gasteiger partial charge in [0.05, 0.1) is 11.8 Å². The molecule has 3 aromatic rings. The maximum Gasteiger partial charge on any atom is 0.191 e. The summed E-state index contributed by atoms with van der Waals surface area (Å²) in [5.41, 5.74) is 2.28. The number of thioether (sulfide) groups is 1. The van der Waals surface area contributed by atoms with Crippen molar-refractivity contribution < 1.29 is 0 Å². The van der Waals surface area contributed by atoms with Crippen LogP contribution in [0.4, 0.5) is 0 Å². The van der Waals surface area contributed by atoms with Crippen LogP contribution in [-0.2, 0) is 19.3 Å². The lowest BCUT2D eigenvalue weighted by atomic mass is 10.2. The number of aromatic nitrogens is 5. The summed E-state index contributed by atoms with van der Waals surface area (Å²) < 4.78 is 3.91. The van der Waals surface area contributed by atoms with Crippen LogP contribution in [-0.4, -0.2) is 24.5 Å². The van der Waals surface area contributed by atoms with Crippen LogP contribution < -0.4 is 0 Å². The van der Waals surface area contributed by atoms with E-state index in [2.05, 4.69) is 46.5 Å². The molecule has 0 aliphatic heterocycles. The van der Waals surface area contributed by atoms with Crippen molar-refractivity contribution in [3.05, 3.63) is 48.3 Å². The van der Waals surface area contributed by atoms with Crippen LogP contribution in [0.25, 0.3) is 11.4 Å². The molecule has 0 unspecified atom stereocenters. The molecule has 2 aromatic heterocycles. The number of hydrogen-bond donors (Lipinski definition) is 0. The number of nitrogens with zero attached hydrogens (tertiary/aromatic N) is 5. The van der Waals surface area contributed by atoms with E-state index in [0.29, 0.717) is 0 Å². The third kappa shape index (κ3) is 3.00. The van der Waals surface area contributed by atoms with E-state index in [1.165, 1.54) is 5.56 Å². The van der Waals surface area contributed by atoms with Crippen LogP contribution in [0, 0.1) is 0 Å². The molecule has 21 heavy (non-hydrogen) atoms. The fourth-order valence-electron chi connectivity index (χ4n) is 2.07. The number of hydrogen-bond acceptors (Lipinski definition) is 4. The molecule has 0 atom stereocenters. The van der Waals surface area contributed by atoms with Crippen LogP contribution in [0.2, 0.25) is 0 Å². The summed E-state index contributed by atoms with van der Waals surface area (Å²) in [6.07, 6.45) is 3.83. The molecule has 0 amide bonds. The van der Waals surface area contributed by atoms with Gasteiger partial charge < -0.3 is 4.57 Å². The Morgan fingerprint density at radius 1 is 1.14 bits per heavy atom. The van der Waals surface area contributed by atoms with Crippen molar-refractivity contribution in [2.45, 2.75) is 24.4 Å². The van der Waals surface area contributed by atoms with Crippen LogP contribution >= 0.6 is 11.8 Å². The van der Waals surface area contributed by atoms with Gasteiger partial charge in [0.1, 0.15) is 0 Å². The van der Waals surface area contributed by atoms with Crippen molar-refractivity contribution in [3.63, 3.8) is 0 Å². The van der Waals surface area contributed by atoms with E-state index in [4.69, 9.17) is 0 Å². The van der Waals surface area contributed by atoms with Gasteiger partial charge in [-0.3, -0.25) is 4.68 Å². The molecule has 2 heterocycles. The molecule has 5 nitrogen and oxygen atoms in total. The maximum atomic E-state index is 4.28. The van der Waals surface area contributed by atoms with Gasteiger partial charge in [0.2, 0.25) is 0 Å². The van der Waals surface area contributed by atoms with Gasteiger partial charge in [-0.1, -0.05) is 42.1 Å². The Kier molecular flexibility index (Phi) is 4.06. The third-order valence-corrected chi connectivity index (χ3v) is 4.35. The van der Waals surface area contributed by atoms with E-state index in [1.807, 2.05) is 34.8 Å². The molecular weight excluding hydrogens is 282 g/mol. The Morgan fingerprint density at radius 2 is 1.95 bits per heavy atom. The van der Waals surface area contributed by atoms with Gasteiger partial charge in [0.25, 0.3) is 0 Å². The van der Waals surface area contributed by atoms with Gasteiger partial charge >= 0.3 is 0 Å². The van der Waals surface area contributed by atoms with E-state index in [-0.39, 0.29) is 0 Å². The molecule has 0 fully saturated rings. The maximum absolute atomic E-state index is 4.28. The van der Waals surface area contributed by atoms with Crippen molar-refractivity contribution >= 4 is 11.8 Å². The first-order valence-corrected chi connectivity index (χ1v) is 7.85. The Labute approximate surface area is 128 Å². The summed E-state index contributed by atoms with van der Waals surface area (Å²) in [6.45, 7) is 2.92. The SMILES string of the molecule is CCn1cc(-c2nnc(SCc3ccccc3)n2C)cn1. The summed E-state index contributed by atoms with van der Waals surface area (Å²) >= 11 is 1.69. The lowest BCUT2D eigenvalue weighted by molar-refractivity contribution is 0.660. The number of aryl methyl sites for hydroxylation is 1. The lowest BCUT2D eigenvalue weighted by Gasteiger charge is -2.02. The Bertz CT molecular complexity index is 717. The van der Waals surface area contributed by atoms with Crippen LogP contribution in [0.3, 0.4) is 0 Å². The summed E-state index contributed by atoms with van der Waals surface area (Å²) in [7, 11) is 1.99. The van der Waals surface area contributed by atoms with Crippen molar-refractivity contribution in [2.75, 3.05) is 0 Å². The molecule has 0 radical (unpaired) electrons. The summed E-state index contributed by atoms with van der Waals surface area (Å²) in [4.78, 5) is 0. The zero-order valence-corrected chi connectivity index (χ0v) is 12.9. The van der Waals surface area contributed by atoms with E-state index >= 15 is 0 Å². The molecule has 0 spiro atoms. The molecule has 108 valence electrons. The zero-order valence-electron chi connectivity index (χ0n) is 12.1. The monoisotopic (exact) mass is 299 g/mol. The minimum absolute atomic E-state index is 0.852. The molecule has 0 aliphatic rings. The molecule has 3 rings (SSSR count). The molecule has 1 aromatic carbocycles. The topological polar surface area (TPSA) is 48.5 Å². The van der Waals surface area contributed by atoms with Crippen molar-refractivity contribution in [2.24, 2.45) is 7.05 Å². The van der Waals surface area contributed by atoms with Gasteiger partial charge in [-0.15, -0.1) is 10.2 Å². The molecule has 0 bridgehead atoms. The zero-order chi connectivity index (χ0) is 14.7. The molecule has 6 heteroatoms. The van der Waals surface area contributed by atoms with E-state index in [1.54, 1.807) is 11.8 Å². The molecule has 0 saturated heterocycles. The number of benzene rings is 1. The van der Waals surface area contributed by atoms with E-state index in [9.17, 15) is 0 Å². The van der Waals surface area contributed by atoms with Crippen LogP contribution in [0.15, 0.2) is 47.9 Å². The minimum Gasteiger partial charge on any atom is -0.305 e. The standard InChI is InChI=1S/C15H17N5S/c1-3-20-10-13(9-16-20)14-17-18-15(19(14)2)21-11-12-7-5-4-6-8-12/h4-10H,3,11H2,1-2H3. The van der Waals surface area contributed by atoms with Crippen molar-refractivity contribution in [1.82, 2.24) is 24.5 Å². The Morgan fingerprint density at radius 3 is 2.67 bits per heavy atom. The second kappa shape index (κ2) is 6.13. The Hall–Kier alpha value is -2.08. The fraction of sp³-hybridized carbons (Fsp3) is 0.267. The Balaban J connectivity index is 1.76. The smallest absolute Gasteiger partial charge is 0.191 e. The molecular formula is C15H17N5S.